The van der Waals surface area contributed by atoms with Crippen LogP contribution in [0.25, 0.3) is 0 Å². The zero-order valence-electron chi connectivity index (χ0n) is 17.6. The van der Waals surface area contributed by atoms with Crippen molar-refractivity contribution in [3.63, 3.8) is 0 Å². The molecule has 2 rings (SSSR count). The summed E-state index contributed by atoms with van der Waals surface area (Å²) in [6.45, 7) is 11.9. The molecule has 0 aromatic heterocycles. The van der Waals surface area contributed by atoms with E-state index < -0.39 is 6.04 Å². The molecule has 150 valence electrons. The highest BCUT2D eigenvalue weighted by molar-refractivity contribution is 5.97. The molecule has 0 aliphatic carbocycles. The van der Waals surface area contributed by atoms with Crippen LogP contribution >= 0.6 is 0 Å². The van der Waals surface area contributed by atoms with Crippen molar-refractivity contribution in [2.75, 3.05) is 20.1 Å². The molecule has 5 nitrogen and oxygen atoms in total. The lowest BCUT2D eigenvalue weighted by Gasteiger charge is -2.36. The monoisotopic (exact) mass is 373 g/mol. The van der Waals surface area contributed by atoms with Crippen LogP contribution in [0.5, 0.6) is 0 Å². The topological polar surface area (TPSA) is 61.4 Å². The van der Waals surface area contributed by atoms with Crippen LogP contribution in [0.15, 0.2) is 24.3 Å². The predicted molar refractivity (Wildman–Crippen MR) is 110 cm³/mol. The van der Waals surface area contributed by atoms with Crippen LogP contribution in [-0.2, 0) is 10.2 Å². The van der Waals surface area contributed by atoms with E-state index in [-0.39, 0.29) is 23.1 Å². The van der Waals surface area contributed by atoms with Crippen LogP contribution in [0.4, 0.5) is 0 Å². The number of likely N-dealkylation sites (tertiary alicyclic amines) is 1. The number of likely N-dealkylation sites (N-methyl/N-ethyl adjacent to an activating group) is 1. The molecule has 27 heavy (non-hydrogen) atoms. The first-order chi connectivity index (χ1) is 12.6. The lowest BCUT2D eigenvalue weighted by molar-refractivity contribution is -0.135. The van der Waals surface area contributed by atoms with Gasteiger partial charge >= 0.3 is 0 Å². The first-order valence-electron chi connectivity index (χ1n) is 10.0. The summed E-state index contributed by atoms with van der Waals surface area (Å²) in [5, 5.41) is 6.23. The van der Waals surface area contributed by atoms with Crippen LogP contribution in [0, 0.1) is 5.92 Å². The minimum Gasteiger partial charge on any atom is -0.340 e. The summed E-state index contributed by atoms with van der Waals surface area (Å²) in [6, 6.07) is 7.49. The number of benzene rings is 1. The lowest BCUT2D eigenvalue weighted by Crippen LogP contribution is -2.55. The van der Waals surface area contributed by atoms with E-state index in [1.165, 1.54) is 5.56 Å². The number of piperidine rings is 1. The molecular formula is C22H35N3O2. The Hall–Kier alpha value is -1.88. The molecule has 1 aliphatic rings. The zero-order valence-corrected chi connectivity index (χ0v) is 17.6. The van der Waals surface area contributed by atoms with E-state index in [2.05, 4.69) is 31.4 Å². The van der Waals surface area contributed by atoms with E-state index in [1.807, 2.05) is 50.1 Å². The second-order valence-corrected chi connectivity index (χ2v) is 8.93. The van der Waals surface area contributed by atoms with Crippen LogP contribution < -0.4 is 10.6 Å². The molecular weight excluding hydrogens is 338 g/mol. The van der Waals surface area contributed by atoms with Crippen molar-refractivity contribution >= 4 is 11.8 Å². The minimum atomic E-state index is -0.504. The summed E-state index contributed by atoms with van der Waals surface area (Å²) in [5.41, 5.74) is 1.82. The van der Waals surface area contributed by atoms with Gasteiger partial charge in [0.1, 0.15) is 6.04 Å². The predicted octanol–water partition coefficient (Wildman–Crippen LogP) is 2.95. The number of nitrogens with zero attached hydrogens (tertiary/aromatic N) is 1. The Morgan fingerprint density at radius 3 is 2.30 bits per heavy atom. The molecule has 1 aromatic carbocycles. The van der Waals surface area contributed by atoms with Crippen molar-refractivity contribution in [2.24, 2.45) is 5.92 Å². The Balaban J connectivity index is 2.08. The Kier molecular flexibility index (Phi) is 7.04. The third-order valence-corrected chi connectivity index (χ3v) is 5.37. The summed E-state index contributed by atoms with van der Waals surface area (Å²) in [4.78, 5) is 27.7. The molecule has 0 spiro atoms. The first kappa shape index (κ1) is 21.4. The number of carbonyl (C=O) groups excluding carboxylic acids is 2. The van der Waals surface area contributed by atoms with Gasteiger partial charge in [0.25, 0.3) is 5.91 Å². The van der Waals surface area contributed by atoms with E-state index in [0.717, 1.165) is 19.4 Å². The average Bonchev–Trinajstić information content (AvgIpc) is 2.64. The normalized spacial score (nSPS) is 19.1. The highest BCUT2D eigenvalue weighted by Gasteiger charge is 2.31. The largest absolute Gasteiger partial charge is 0.340 e. The molecule has 1 aliphatic heterocycles. The molecule has 1 heterocycles. The molecule has 0 radical (unpaired) electrons. The molecule has 2 unspecified atom stereocenters. The fourth-order valence-electron chi connectivity index (χ4n) is 3.47. The molecule has 2 N–H and O–H groups in total. The lowest BCUT2D eigenvalue weighted by atomic mass is 9.86. The second kappa shape index (κ2) is 8.87. The van der Waals surface area contributed by atoms with E-state index >= 15 is 0 Å². The van der Waals surface area contributed by atoms with Crippen LogP contribution in [0.2, 0.25) is 0 Å². The number of hydrogen-bond acceptors (Lipinski definition) is 3. The smallest absolute Gasteiger partial charge is 0.251 e. The van der Waals surface area contributed by atoms with E-state index in [0.29, 0.717) is 18.2 Å². The number of amides is 2. The standard InChI is InChI=1S/C22H35N3O2/c1-15(2)19(21(27)25-13-7-8-18(14-25)23-6)24-20(26)16-9-11-17(12-10-16)22(3,4)5/h9-12,15,18-19,23H,7-8,13-14H2,1-6H3,(H,24,26). The second-order valence-electron chi connectivity index (χ2n) is 8.93. The Morgan fingerprint density at radius 2 is 1.78 bits per heavy atom. The van der Waals surface area contributed by atoms with Gasteiger partial charge < -0.3 is 15.5 Å². The third-order valence-electron chi connectivity index (χ3n) is 5.37. The van der Waals surface area contributed by atoms with Gasteiger partial charge in [0.2, 0.25) is 5.91 Å². The van der Waals surface area contributed by atoms with Gasteiger partial charge in [-0.3, -0.25) is 9.59 Å². The molecule has 5 heteroatoms. The minimum absolute atomic E-state index is 0.0182. The Bertz CT molecular complexity index is 647. The van der Waals surface area contributed by atoms with Crippen LogP contribution in [-0.4, -0.2) is 48.9 Å². The zero-order chi connectivity index (χ0) is 20.2. The summed E-state index contributed by atoms with van der Waals surface area (Å²) >= 11 is 0. The van der Waals surface area contributed by atoms with Gasteiger partial charge in [-0.1, -0.05) is 46.8 Å². The van der Waals surface area contributed by atoms with Crippen LogP contribution in [0.3, 0.4) is 0 Å². The van der Waals surface area contributed by atoms with Crippen molar-refractivity contribution in [1.29, 1.82) is 0 Å². The molecule has 1 fully saturated rings. The fourth-order valence-corrected chi connectivity index (χ4v) is 3.47. The first-order valence-corrected chi connectivity index (χ1v) is 10.0. The highest BCUT2D eigenvalue weighted by atomic mass is 16.2. The average molecular weight is 374 g/mol. The van der Waals surface area contributed by atoms with Crippen LogP contribution in [0.1, 0.15) is 63.4 Å². The Labute approximate surface area is 163 Å². The molecule has 1 aromatic rings. The molecule has 0 bridgehead atoms. The number of hydrogen-bond donors (Lipinski definition) is 2. The Morgan fingerprint density at radius 1 is 1.15 bits per heavy atom. The van der Waals surface area contributed by atoms with Gasteiger partial charge in [-0.2, -0.15) is 0 Å². The summed E-state index contributed by atoms with van der Waals surface area (Å²) < 4.78 is 0. The molecule has 2 amide bonds. The molecule has 2 atom stereocenters. The van der Waals surface area contributed by atoms with Gasteiger partial charge in [-0.05, 0) is 48.9 Å². The number of carbonyl (C=O) groups is 2. The quantitative estimate of drug-likeness (QED) is 0.834. The SMILES string of the molecule is CNC1CCCN(C(=O)C(NC(=O)c2ccc(C(C)(C)C)cc2)C(C)C)C1. The summed E-state index contributed by atoms with van der Waals surface area (Å²) in [5.74, 6) is -0.139. The molecule has 0 saturated carbocycles. The van der Waals surface area contributed by atoms with Gasteiger partial charge in [0, 0.05) is 24.7 Å². The van der Waals surface area contributed by atoms with Crippen molar-refractivity contribution in [1.82, 2.24) is 15.5 Å². The maximum atomic E-state index is 13.0. The highest BCUT2D eigenvalue weighted by Crippen LogP contribution is 2.22. The van der Waals surface area contributed by atoms with Gasteiger partial charge in [0.15, 0.2) is 0 Å². The van der Waals surface area contributed by atoms with E-state index in [4.69, 9.17) is 0 Å². The van der Waals surface area contributed by atoms with Gasteiger partial charge in [-0.25, -0.2) is 0 Å². The van der Waals surface area contributed by atoms with Gasteiger partial charge in [0.05, 0.1) is 0 Å². The van der Waals surface area contributed by atoms with E-state index in [9.17, 15) is 9.59 Å². The van der Waals surface area contributed by atoms with E-state index in [1.54, 1.807) is 0 Å². The fraction of sp³-hybridized carbons (Fsp3) is 0.636. The maximum Gasteiger partial charge on any atom is 0.251 e. The van der Waals surface area contributed by atoms with Crippen molar-refractivity contribution < 1.29 is 9.59 Å². The number of rotatable bonds is 5. The number of nitrogens with one attached hydrogen (secondary N) is 2. The van der Waals surface area contributed by atoms with Crippen molar-refractivity contribution in [3.8, 4) is 0 Å². The third kappa shape index (κ3) is 5.55. The molecule has 1 saturated heterocycles. The van der Waals surface area contributed by atoms with Gasteiger partial charge in [-0.15, -0.1) is 0 Å². The summed E-state index contributed by atoms with van der Waals surface area (Å²) in [6.07, 6.45) is 2.07. The maximum absolute atomic E-state index is 13.0. The van der Waals surface area contributed by atoms with Crippen molar-refractivity contribution in [3.05, 3.63) is 35.4 Å². The van der Waals surface area contributed by atoms with Crippen molar-refractivity contribution in [2.45, 2.75) is 65.0 Å². The summed E-state index contributed by atoms with van der Waals surface area (Å²) in [7, 11) is 1.93.